The van der Waals surface area contributed by atoms with Crippen molar-refractivity contribution in [2.45, 2.75) is 52.2 Å². The van der Waals surface area contributed by atoms with Gasteiger partial charge in [0.25, 0.3) is 5.91 Å². The number of carbonyl (C=O) groups is 1. The minimum absolute atomic E-state index is 0.0154. The van der Waals surface area contributed by atoms with Crippen LogP contribution < -0.4 is 15.0 Å². The lowest BCUT2D eigenvalue weighted by Gasteiger charge is -2.30. The average Bonchev–Trinajstić information content (AvgIpc) is 3.10. The Morgan fingerprint density at radius 1 is 1.33 bits per heavy atom. The van der Waals surface area contributed by atoms with Gasteiger partial charge < -0.3 is 15.0 Å². The first-order chi connectivity index (χ1) is 13.1. The van der Waals surface area contributed by atoms with Crippen LogP contribution in [0.2, 0.25) is 0 Å². The minimum Gasteiger partial charge on any atom is -0.487 e. The predicted molar refractivity (Wildman–Crippen MR) is 109 cm³/mol. The van der Waals surface area contributed by atoms with Gasteiger partial charge in [0.2, 0.25) is 0 Å². The number of thiazole rings is 1. The number of aromatic nitrogens is 1. The molecule has 2 aromatic rings. The second-order valence-electron chi connectivity index (χ2n) is 7.34. The molecule has 1 aliphatic rings. The number of hydrogen-bond acceptors (Lipinski definition) is 4. The number of nitrogens with zero attached hydrogens (tertiary/aromatic N) is 1. The lowest BCUT2D eigenvalue weighted by molar-refractivity contribution is -0.928. The molecule has 27 heavy (non-hydrogen) atoms. The molecule has 1 aromatic heterocycles. The fourth-order valence-electron chi connectivity index (χ4n) is 3.58. The Hall–Kier alpha value is -1.92. The van der Waals surface area contributed by atoms with Gasteiger partial charge in [0.1, 0.15) is 12.4 Å². The van der Waals surface area contributed by atoms with Crippen molar-refractivity contribution in [2.75, 3.05) is 19.6 Å². The number of likely N-dealkylation sites (tertiary alicyclic amines) is 1. The summed E-state index contributed by atoms with van der Waals surface area (Å²) in [6.07, 6.45) is 5.06. The molecule has 1 saturated heterocycles. The van der Waals surface area contributed by atoms with Crippen LogP contribution in [0.1, 0.15) is 53.7 Å². The van der Waals surface area contributed by atoms with Crippen LogP contribution in [0.15, 0.2) is 29.6 Å². The summed E-state index contributed by atoms with van der Waals surface area (Å²) in [5, 5.41) is 6.07. The van der Waals surface area contributed by atoms with Crippen molar-refractivity contribution in [1.29, 1.82) is 0 Å². The zero-order chi connectivity index (χ0) is 19.1. The van der Waals surface area contributed by atoms with E-state index in [1.165, 1.54) is 25.8 Å². The fraction of sp³-hybridized carbons (Fsp3) is 0.524. The first-order valence-corrected chi connectivity index (χ1v) is 10.8. The lowest BCUT2D eigenvalue weighted by atomic mass is 10.0. The van der Waals surface area contributed by atoms with Crippen molar-refractivity contribution < 1.29 is 14.4 Å². The van der Waals surface area contributed by atoms with E-state index in [1.807, 2.05) is 36.6 Å². The van der Waals surface area contributed by atoms with Crippen molar-refractivity contribution in [3.8, 4) is 5.75 Å². The molecule has 2 heterocycles. The van der Waals surface area contributed by atoms with Crippen LogP contribution in [0, 0.1) is 6.92 Å². The van der Waals surface area contributed by atoms with Gasteiger partial charge in [-0.15, -0.1) is 11.3 Å². The van der Waals surface area contributed by atoms with E-state index in [2.05, 4.69) is 17.2 Å². The summed E-state index contributed by atoms with van der Waals surface area (Å²) in [7, 11) is 0. The molecular weight excluding hydrogens is 358 g/mol. The maximum atomic E-state index is 12.3. The third-order valence-corrected chi connectivity index (χ3v) is 6.03. The maximum Gasteiger partial charge on any atom is 0.251 e. The molecule has 1 amide bonds. The van der Waals surface area contributed by atoms with Gasteiger partial charge in [-0.05, 0) is 57.4 Å². The largest absolute Gasteiger partial charge is 0.487 e. The molecular formula is C21H30N3O2S+. The van der Waals surface area contributed by atoms with Crippen molar-refractivity contribution in [3.63, 3.8) is 0 Å². The third-order valence-electron chi connectivity index (χ3n) is 5.21. The second-order valence-corrected chi connectivity index (χ2v) is 8.40. The summed E-state index contributed by atoms with van der Waals surface area (Å²) in [5.41, 5.74) is 1.61. The van der Waals surface area contributed by atoms with Crippen LogP contribution in [-0.4, -0.2) is 36.6 Å². The molecule has 1 unspecified atom stereocenters. The highest BCUT2D eigenvalue weighted by molar-refractivity contribution is 7.09. The smallest absolute Gasteiger partial charge is 0.251 e. The van der Waals surface area contributed by atoms with Crippen molar-refractivity contribution in [3.05, 3.63) is 45.9 Å². The molecule has 2 atom stereocenters. The Bertz CT molecular complexity index is 729. The molecule has 146 valence electrons. The molecule has 0 spiro atoms. The molecule has 1 fully saturated rings. The van der Waals surface area contributed by atoms with Crippen LogP contribution in [-0.2, 0) is 6.61 Å². The number of rotatable bonds is 8. The summed E-state index contributed by atoms with van der Waals surface area (Å²) < 4.78 is 5.73. The normalized spacial score (nSPS) is 19.6. The Morgan fingerprint density at radius 2 is 2.15 bits per heavy atom. The van der Waals surface area contributed by atoms with Crippen LogP contribution in [0.25, 0.3) is 0 Å². The number of aryl methyl sites for hydroxylation is 1. The Balaban J connectivity index is 1.38. The van der Waals surface area contributed by atoms with E-state index in [0.29, 0.717) is 12.2 Å². The summed E-state index contributed by atoms with van der Waals surface area (Å²) in [6, 6.07) is 8.07. The minimum atomic E-state index is -0.0154. The van der Waals surface area contributed by atoms with Crippen LogP contribution in [0.3, 0.4) is 0 Å². The molecule has 0 aliphatic carbocycles. The second kappa shape index (κ2) is 9.85. The number of carbonyl (C=O) groups excluding carboxylic acids is 1. The van der Waals surface area contributed by atoms with Crippen LogP contribution in [0.4, 0.5) is 0 Å². The number of ether oxygens (including phenoxy) is 1. The monoisotopic (exact) mass is 388 g/mol. The van der Waals surface area contributed by atoms with Crippen molar-refractivity contribution in [2.24, 2.45) is 0 Å². The van der Waals surface area contributed by atoms with Gasteiger partial charge >= 0.3 is 0 Å². The number of nitrogens with one attached hydrogen (secondary N) is 2. The molecule has 5 nitrogen and oxygen atoms in total. The van der Waals surface area contributed by atoms with E-state index in [4.69, 9.17) is 4.74 Å². The van der Waals surface area contributed by atoms with E-state index in [9.17, 15) is 4.79 Å². The molecule has 2 N–H and O–H groups in total. The maximum absolute atomic E-state index is 12.3. The average molecular weight is 389 g/mol. The summed E-state index contributed by atoms with van der Waals surface area (Å²) in [6.45, 7) is 7.92. The first-order valence-electron chi connectivity index (χ1n) is 9.88. The number of hydrogen-bond donors (Lipinski definition) is 2. The van der Waals surface area contributed by atoms with E-state index < -0.39 is 0 Å². The summed E-state index contributed by atoms with van der Waals surface area (Å²) >= 11 is 1.62. The summed E-state index contributed by atoms with van der Waals surface area (Å²) in [4.78, 5) is 18.4. The number of amides is 1. The number of benzene rings is 1. The van der Waals surface area contributed by atoms with Crippen molar-refractivity contribution >= 4 is 17.2 Å². The molecule has 0 bridgehead atoms. The zero-order valence-corrected chi connectivity index (χ0v) is 17.1. The van der Waals surface area contributed by atoms with Crippen LogP contribution >= 0.6 is 11.3 Å². The summed E-state index contributed by atoms with van der Waals surface area (Å²) in [5.74, 6) is 0.734. The highest BCUT2D eigenvalue weighted by Gasteiger charge is 2.20. The molecule has 1 aromatic carbocycles. The van der Waals surface area contributed by atoms with E-state index in [1.54, 1.807) is 16.2 Å². The first kappa shape index (κ1) is 19.8. The highest BCUT2D eigenvalue weighted by Crippen LogP contribution is 2.15. The number of piperidine rings is 1. The molecule has 6 heteroatoms. The Kier molecular flexibility index (Phi) is 7.24. The molecule has 3 rings (SSSR count). The van der Waals surface area contributed by atoms with E-state index >= 15 is 0 Å². The quantitative estimate of drug-likeness (QED) is 0.684. The predicted octanol–water partition coefficient (Wildman–Crippen LogP) is 2.61. The van der Waals surface area contributed by atoms with Crippen LogP contribution in [0.5, 0.6) is 5.75 Å². The van der Waals surface area contributed by atoms with Gasteiger partial charge in [-0.2, -0.15) is 0 Å². The fourth-order valence-corrected chi connectivity index (χ4v) is 4.18. The zero-order valence-electron chi connectivity index (χ0n) is 16.3. The van der Waals surface area contributed by atoms with Gasteiger partial charge in [-0.1, -0.05) is 0 Å². The number of quaternary nitrogens is 1. The van der Waals surface area contributed by atoms with Gasteiger partial charge in [-0.3, -0.25) is 4.79 Å². The van der Waals surface area contributed by atoms with Gasteiger partial charge in [0.15, 0.2) is 0 Å². The van der Waals surface area contributed by atoms with Gasteiger partial charge in [0.05, 0.1) is 29.8 Å². The van der Waals surface area contributed by atoms with E-state index in [0.717, 1.165) is 42.0 Å². The molecule has 0 radical (unpaired) electrons. The topological polar surface area (TPSA) is 55.7 Å². The third kappa shape index (κ3) is 6.04. The van der Waals surface area contributed by atoms with Gasteiger partial charge in [0, 0.05) is 23.9 Å². The Morgan fingerprint density at radius 3 is 2.85 bits per heavy atom. The van der Waals surface area contributed by atoms with Crippen molar-refractivity contribution in [1.82, 2.24) is 10.3 Å². The standard InChI is InChI=1S/C21H29N3O2S/c1-16-6-3-4-12-24(16)13-5-11-22-21(25)18-7-9-20(10-8-18)26-14-19-15-27-17(2)23-19/h7-10,15-16H,3-6,11-14H2,1-2H3,(H,22,25)/p+1/t16-/m1/s1. The molecule has 1 aliphatic heterocycles. The SMILES string of the molecule is Cc1nc(COc2ccc(C(=O)NCCC[NH+]3CCCC[C@H]3C)cc2)cs1. The lowest BCUT2D eigenvalue weighted by Crippen LogP contribution is -3.16. The van der Waals surface area contributed by atoms with Gasteiger partial charge in [-0.25, -0.2) is 4.98 Å². The Labute approximate surface area is 165 Å². The van der Waals surface area contributed by atoms with E-state index in [-0.39, 0.29) is 5.91 Å². The molecule has 0 saturated carbocycles. The highest BCUT2D eigenvalue weighted by atomic mass is 32.1.